The second-order valence-corrected chi connectivity index (χ2v) is 6.35. The average molecular weight is 431 g/mol. The lowest BCUT2D eigenvalue weighted by Gasteiger charge is -2.14. The monoisotopic (exact) mass is 428 g/mol. The molecule has 0 aliphatic heterocycles. The Hall–Kier alpha value is -0.160. The molecule has 0 nitrogen and oxygen atoms in total. The zero-order valence-electron chi connectivity index (χ0n) is 9.23. The van der Waals surface area contributed by atoms with Crippen molar-refractivity contribution >= 4 is 55.1 Å². The van der Waals surface area contributed by atoms with Crippen LogP contribution in [-0.2, 0) is 0 Å². The van der Waals surface area contributed by atoms with Crippen LogP contribution in [0.1, 0.15) is 16.5 Å². The number of hydrogen-bond donors (Lipinski definition) is 0. The number of benzene rings is 2. The molecule has 2 rings (SSSR count). The molecule has 0 heterocycles. The lowest BCUT2D eigenvalue weighted by molar-refractivity contribution is 0.592. The zero-order chi connectivity index (χ0) is 14.2. The quantitative estimate of drug-likeness (QED) is 0.378. The van der Waals surface area contributed by atoms with Gasteiger partial charge < -0.3 is 0 Å². The van der Waals surface area contributed by atoms with Crippen LogP contribution >= 0.6 is 55.1 Å². The molecule has 0 radical (unpaired) electrons. The van der Waals surface area contributed by atoms with Gasteiger partial charge in [-0.15, -0.1) is 11.6 Å². The molecule has 0 spiro atoms. The zero-order valence-corrected chi connectivity index (χ0v) is 13.9. The van der Waals surface area contributed by atoms with Crippen LogP contribution in [0.4, 0.5) is 8.78 Å². The number of hydrogen-bond acceptors (Lipinski definition) is 0. The van der Waals surface area contributed by atoms with Gasteiger partial charge in [0, 0.05) is 15.6 Å². The third-order valence-corrected chi connectivity index (χ3v) is 4.85. The van der Waals surface area contributed by atoms with E-state index in [-0.39, 0.29) is 15.6 Å². The van der Waals surface area contributed by atoms with Crippen LogP contribution in [0, 0.1) is 11.6 Å². The van der Waals surface area contributed by atoms with E-state index in [2.05, 4.69) is 31.9 Å². The summed E-state index contributed by atoms with van der Waals surface area (Å²) in [6.07, 6.45) is 0. The van der Waals surface area contributed by atoms with Crippen LogP contribution in [0.5, 0.6) is 0 Å². The Labute approximate surface area is 136 Å². The molecule has 0 saturated heterocycles. The SMILES string of the molecule is Fc1cc(Br)c(Cl)cc1C(Cl)c1cccc(Br)c1F. The Balaban J connectivity index is 2.53. The van der Waals surface area contributed by atoms with Crippen molar-refractivity contribution < 1.29 is 8.78 Å². The first-order valence-corrected chi connectivity index (χ1v) is 7.54. The van der Waals surface area contributed by atoms with E-state index in [9.17, 15) is 8.78 Å². The first-order valence-electron chi connectivity index (χ1n) is 5.14. The highest BCUT2D eigenvalue weighted by molar-refractivity contribution is 9.10. The molecule has 0 aromatic heterocycles. The maximum absolute atomic E-state index is 14.0. The molecule has 19 heavy (non-hydrogen) atoms. The lowest BCUT2D eigenvalue weighted by atomic mass is 10.0. The molecule has 0 aliphatic rings. The van der Waals surface area contributed by atoms with Crippen molar-refractivity contribution in [2.45, 2.75) is 5.38 Å². The molecular weight excluding hydrogens is 425 g/mol. The molecule has 100 valence electrons. The predicted molar refractivity (Wildman–Crippen MR) is 80.9 cm³/mol. The summed E-state index contributed by atoms with van der Waals surface area (Å²) in [5, 5.41) is -0.638. The van der Waals surface area contributed by atoms with Gasteiger partial charge in [0.1, 0.15) is 11.6 Å². The smallest absolute Gasteiger partial charge is 0.142 e. The summed E-state index contributed by atoms with van der Waals surface area (Å²) < 4.78 is 28.5. The van der Waals surface area contributed by atoms with E-state index in [4.69, 9.17) is 23.2 Å². The predicted octanol–water partition coefficient (Wildman–Crippen LogP) is 6.47. The fraction of sp³-hybridized carbons (Fsp3) is 0.0769. The summed E-state index contributed by atoms with van der Waals surface area (Å²) in [5.41, 5.74) is 0.320. The van der Waals surface area contributed by atoms with E-state index in [0.717, 1.165) is 0 Å². The van der Waals surface area contributed by atoms with E-state index in [0.29, 0.717) is 9.50 Å². The molecular formula is C13H6Br2Cl2F2. The van der Waals surface area contributed by atoms with E-state index >= 15 is 0 Å². The van der Waals surface area contributed by atoms with Crippen molar-refractivity contribution in [3.63, 3.8) is 0 Å². The molecule has 0 bridgehead atoms. The van der Waals surface area contributed by atoms with Crippen LogP contribution < -0.4 is 0 Å². The molecule has 2 aromatic rings. The molecule has 6 heteroatoms. The lowest BCUT2D eigenvalue weighted by Crippen LogP contribution is -2.01. The summed E-state index contributed by atoms with van der Waals surface area (Å²) in [5.74, 6) is -1.06. The van der Waals surface area contributed by atoms with Gasteiger partial charge in [0.05, 0.1) is 14.9 Å². The first kappa shape index (κ1) is 15.2. The maximum Gasteiger partial charge on any atom is 0.142 e. The normalized spacial score (nSPS) is 12.5. The van der Waals surface area contributed by atoms with Crippen molar-refractivity contribution in [1.29, 1.82) is 0 Å². The molecule has 0 fully saturated rings. The van der Waals surface area contributed by atoms with Crippen LogP contribution in [-0.4, -0.2) is 0 Å². The second kappa shape index (κ2) is 6.08. The topological polar surface area (TPSA) is 0 Å². The number of rotatable bonds is 2. The van der Waals surface area contributed by atoms with Crippen molar-refractivity contribution in [3.8, 4) is 0 Å². The van der Waals surface area contributed by atoms with Gasteiger partial charge in [-0.2, -0.15) is 0 Å². The maximum atomic E-state index is 14.0. The third-order valence-electron chi connectivity index (χ3n) is 2.57. The summed E-state index contributed by atoms with van der Waals surface area (Å²) in [7, 11) is 0. The van der Waals surface area contributed by atoms with Gasteiger partial charge in [-0.25, -0.2) is 8.78 Å². The van der Waals surface area contributed by atoms with Gasteiger partial charge in [0.2, 0.25) is 0 Å². The minimum atomic E-state index is -0.955. The average Bonchev–Trinajstić information content (AvgIpc) is 2.36. The molecule has 0 N–H and O–H groups in total. The Morgan fingerprint density at radius 3 is 2.37 bits per heavy atom. The minimum absolute atomic E-state index is 0.131. The van der Waals surface area contributed by atoms with E-state index in [1.807, 2.05) is 0 Å². The second-order valence-electron chi connectivity index (χ2n) is 3.79. The minimum Gasteiger partial charge on any atom is -0.207 e. The Morgan fingerprint density at radius 2 is 1.68 bits per heavy atom. The first-order chi connectivity index (χ1) is 8.91. The van der Waals surface area contributed by atoms with Crippen LogP contribution in [0.2, 0.25) is 5.02 Å². The molecule has 2 aromatic carbocycles. The van der Waals surface area contributed by atoms with Gasteiger partial charge >= 0.3 is 0 Å². The summed E-state index contributed by atoms with van der Waals surface area (Å²) >= 11 is 18.3. The number of alkyl halides is 1. The van der Waals surface area contributed by atoms with Crippen LogP contribution in [0.3, 0.4) is 0 Å². The van der Waals surface area contributed by atoms with Crippen LogP contribution in [0.15, 0.2) is 39.3 Å². The van der Waals surface area contributed by atoms with Gasteiger partial charge in [0.15, 0.2) is 0 Å². The molecule has 1 atom stereocenters. The molecule has 1 unspecified atom stereocenters. The van der Waals surface area contributed by atoms with E-state index in [1.54, 1.807) is 12.1 Å². The standard InChI is InChI=1S/C13H6Br2Cl2F2/c14-8-3-1-2-6(13(8)19)12(17)7-4-10(16)9(15)5-11(7)18/h1-5,12H. The molecule has 0 amide bonds. The van der Waals surface area contributed by atoms with Crippen molar-refractivity contribution in [2.24, 2.45) is 0 Å². The van der Waals surface area contributed by atoms with Crippen molar-refractivity contribution in [2.75, 3.05) is 0 Å². The van der Waals surface area contributed by atoms with Gasteiger partial charge in [-0.05, 0) is 50.1 Å². The van der Waals surface area contributed by atoms with E-state index in [1.165, 1.54) is 18.2 Å². The highest BCUT2D eigenvalue weighted by atomic mass is 79.9. The van der Waals surface area contributed by atoms with Crippen molar-refractivity contribution in [3.05, 3.63) is 67.1 Å². The number of halogens is 6. The Morgan fingerprint density at radius 1 is 1.00 bits per heavy atom. The fourth-order valence-corrected chi connectivity index (χ4v) is 2.82. The third kappa shape index (κ3) is 3.13. The largest absolute Gasteiger partial charge is 0.207 e. The molecule has 0 aliphatic carbocycles. The molecule has 0 saturated carbocycles. The fourth-order valence-electron chi connectivity index (χ4n) is 1.62. The van der Waals surface area contributed by atoms with Gasteiger partial charge in [-0.3, -0.25) is 0 Å². The van der Waals surface area contributed by atoms with Gasteiger partial charge in [0.25, 0.3) is 0 Å². The van der Waals surface area contributed by atoms with Crippen LogP contribution in [0.25, 0.3) is 0 Å². The highest BCUT2D eigenvalue weighted by Crippen LogP contribution is 2.37. The van der Waals surface area contributed by atoms with Crippen molar-refractivity contribution in [1.82, 2.24) is 0 Å². The van der Waals surface area contributed by atoms with E-state index < -0.39 is 17.0 Å². The van der Waals surface area contributed by atoms with Gasteiger partial charge in [-0.1, -0.05) is 23.7 Å². The summed E-state index contributed by atoms with van der Waals surface area (Å²) in [6, 6.07) is 7.29. The Bertz CT molecular complexity index is 632. The summed E-state index contributed by atoms with van der Waals surface area (Å²) in [4.78, 5) is 0. The highest BCUT2D eigenvalue weighted by Gasteiger charge is 2.21. The Kier molecular flexibility index (Phi) is 4.88. The summed E-state index contributed by atoms with van der Waals surface area (Å²) in [6.45, 7) is 0.